The van der Waals surface area contributed by atoms with Crippen molar-refractivity contribution < 1.29 is 9.18 Å². The van der Waals surface area contributed by atoms with Crippen molar-refractivity contribution in [3.63, 3.8) is 0 Å². The zero-order chi connectivity index (χ0) is 12.0. The van der Waals surface area contributed by atoms with Crippen LogP contribution in [0.25, 0.3) is 0 Å². The van der Waals surface area contributed by atoms with Crippen LogP contribution in [0.5, 0.6) is 0 Å². The molecule has 4 heteroatoms. The smallest absolute Gasteiger partial charge is 0.237 e. The molecule has 0 saturated carbocycles. The summed E-state index contributed by atoms with van der Waals surface area (Å²) in [7, 11) is 0. The number of rotatable bonds is 5. The Labute approximate surface area is 94.8 Å². The van der Waals surface area contributed by atoms with Gasteiger partial charge in [-0.3, -0.25) is 4.79 Å². The molecule has 0 radical (unpaired) electrons. The van der Waals surface area contributed by atoms with Crippen LogP contribution in [0, 0.1) is 5.82 Å². The van der Waals surface area contributed by atoms with Crippen LogP contribution < -0.4 is 11.1 Å². The second-order valence-corrected chi connectivity index (χ2v) is 3.70. The topological polar surface area (TPSA) is 55.1 Å². The zero-order valence-corrected chi connectivity index (χ0v) is 9.37. The predicted octanol–water partition coefficient (Wildman–Crippen LogP) is 1.57. The minimum absolute atomic E-state index is 0.183. The number of nitrogens with two attached hydrogens (primary N) is 1. The molecule has 1 atom stereocenters. The number of amides is 1. The average Bonchev–Trinajstić information content (AvgIpc) is 2.28. The lowest BCUT2D eigenvalue weighted by molar-refractivity contribution is -0.122. The molecular weight excluding hydrogens is 207 g/mol. The zero-order valence-electron chi connectivity index (χ0n) is 9.37. The van der Waals surface area contributed by atoms with Crippen LogP contribution in [0.4, 0.5) is 4.39 Å². The van der Waals surface area contributed by atoms with Crippen molar-refractivity contribution in [2.75, 3.05) is 0 Å². The lowest BCUT2D eigenvalue weighted by Gasteiger charge is -2.11. The third kappa shape index (κ3) is 3.62. The van der Waals surface area contributed by atoms with Gasteiger partial charge in [0.1, 0.15) is 5.82 Å². The molecule has 0 spiro atoms. The molecule has 3 nitrogen and oxygen atoms in total. The number of hydrogen-bond donors (Lipinski definition) is 2. The van der Waals surface area contributed by atoms with E-state index in [9.17, 15) is 9.18 Å². The van der Waals surface area contributed by atoms with Crippen LogP contribution in [0.15, 0.2) is 24.3 Å². The second-order valence-electron chi connectivity index (χ2n) is 3.70. The quantitative estimate of drug-likeness (QED) is 0.797. The van der Waals surface area contributed by atoms with Crippen molar-refractivity contribution in [1.82, 2.24) is 5.32 Å². The summed E-state index contributed by atoms with van der Waals surface area (Å²) >= 11 is 0. The molecule has 0 bridgehead atoms. The second kappa shape index (κ2) is 6.23. The maximum Gasteiger partial charge on any atom is 0.237 e. The maximum atomic E-state index is 13.2. The van der Waals surface area contributed by atoms with Crippen LogP contribution in [-0.4, -0.2) is 11.9 Å². The highest BCUT2D eigenvalue weighted by atomic mass is 19.1. The van der Waals surface area contributed by atoms with Crippen LogP contribution >= 0.6 is 0 Å². The Morgan fingerprint density at radius 1 is 1.50 bits per heavy atom. The highest BCUT2D eigenvalue weighted by Crippen LogP contribution is 2.05. The summed E-state index contributed by atoms with van der Waals surface area (Å²) in [4.78, 5) is 11.5. The summed E-state index contributed by atoms with van der Waals surface area (Å²) in [6.45, 7) is 2.15. The lowest BCUT2D eigenvalue weighted by atomic mass is 10.1. The van der Waals surface area contributed by atoms with Gasteiger partial charge in [-0.1, -0.05) is 31.5 Å². The number of carbonyl (C=O) groups is 1. The van der Waals surface area contributed by atoms with Gasteiger partial charge in [-0.2, -0.15) is 0 Å². The largest absolute Gasteiger partial charge is 0.351 e. The normalized spacial score (nSPS) is 12.2. The Balaban J connectivity index is 2.46. The molecule has 0 aromatic heterocycles. The Hall–Kier alpha value is -1.42. The van der Waals surface area contributed by atoms with E-state index in [2.05, 4.69) is 5.32 Å². The molecule has 88 valence electrons. The van der Waals surface area contributed by atoms with Crippen molar-refractivity contribution in [2.45, 2.75) is 32.4 Å². The summed E-state index contributed by atoms with van der Waals surface area (Å²) in [5.74, 6) is -0.544. The Bertz CT molecular complexity index is 355. The van der Waals surface area contributed by atoms with Gasteiger partial charge in [0.05, 0.1) is 6.04 Å². The molecule has 1 aromatic rings. The van der Waals surface area contributed by atoms with E-state index in [1.165, 1.54) is 6.07 Å². The van der Waals surface area contributed by atoms with Crippen molar-refractivity contribution >= 4 is 5.91 Å². The van der Waals surface area contributed by atoms with Crippen LogP contribution in [0.1, 0.15) is 25.3 Å². The summed E-state index contributed by atoms with van der Waals surface area (Å²) < 4.78 is 13.2. The first-order valence-electron chi connectivity index (χ1n) is 5.41. The van der Waals surface area contributed by atoms with E-state index in [-0.39, 0.29) is 18.3 Å². The molecule has 0 fully saturated rings. The first-order valence-corrected chi connectivity index (χ1v) is 5.41. The van der Waals surface area contributed by atoms with Gasteiger partial charge in [0.15, 0.2) is 0 Å². The van der Waals surface area contributed by atoms with Gasteiger partial charge in [-0.05, 0) is 12.5 Å². The molecule has 1 rings (SSSR count). The van der Waals surface area contributed by atoms with Crippen LogP contribution in [-0.2, 0) is 11.3 Å². The summed E-state index contributed by atoms with van der Waals surface area (Å²) in [6.07, 6.45) is 1.50. The van der Waals surface area contributed by atoms with Crippen molar-refractivity contribution in [3.8, 4) is 0 Å². The maximum absolute atomic E-state index is 13.2. The number of carbonyl (C=O) groups excluding carboxylic acids is 1. The van der Waals surface area contributed by atoms with Gasteiger partial charge in [0, 0.05) is 12.1 Å². The Morgan fingerprint density at radius 2 is 2.19 bits per heavy atom. The molecule has 0 aliphatic rings. The fourth-order valence-corrected chi connectivity index (χ4v) is 1.40. The third-order valence-electron chi connectivity index (χ3n) is 2.35. The van der Waals surface area contributed by atoms with E-state index in [0.29, 0.717) is 12.0 Å². The molecule has 0 aliphatic heterocycles. The molecule has 0 saturated heterocycles. The lowest BCUT2D eigenvalue weighted by Crippen LogP contribution is -2.40. The van der Waals surface area contributed by atoms with Crippen LogP contribution in [0.2, 0.25) is 0 Å². The Morgan fingerprint density at radius 3 is 2.81 bits per heavy atom. The number of halogens is 1. The van der Waals surface area contributed by atoms with E-state index in [1.54, 1.807) is 18.2 Å². The summed E-state index contributed by atoms with van der Waals surface area (Å²) in [5.41, 5.74) is 6.10. The van der Waals surface area contributed by atoms with Gasteiger partial charge in [0.25, 0.3) is 0 Å². The minimum Gasteiger partial charge on any atom is -0.351 e. The molecule has 3 N–H and O–H groups in total. The molecule has 0 unspecified atom stereocenters. The summed E-state index contributed by atoms with van der Waals surface area (Å²) in [6, 6.07) is 5.85. The molecule has 16 heavy (non-hydrogen) atoms. The molecule has 0 aliphatic carbocycles. The van der Waals surface area contributed by atoms with E-state index < -0.39 is 6.04 Å². The number of benzene rings is 1. The molecule has 0 heterocycles. The van der Waals surface area contributed by atoms with Crippen molar-refractivity contribution in [3.05, 3.63) is 35.6 Å². The van der Waals surface area contributed by atoms with E-state index >= 15 is 0 Å². The average molecular weight is 224 g/mol. The highest BCUT2D eigenvalue weighted by Gasteiger charge is 2.12. The molecule has 1 amide bonds. The van der Waals surface area contributed by atoms with Gasteiger partial charge >= 0.3 is 0 Å². The van der Waals surface area contributed by atoms with E-state index in [4.69, 9.17) is 5.73 Å². The van der Waals surface area contributed by atoms with E-state index in [0.717, 1.165) is 6.42 Å². The number of nitrogens with one attached hydrogen (secondary N) is 1. The first kappa shape index (κ1) is 12.6. The van der Waals surface area contributed by atoms with Gasteiger partial charge < -0.3 is 11.1 Å². The predicted molar refractivity (Wildman–Crippen MR) is 61.1 cm³/mol. The first-order chi connectivity index (χ1) is 7.65. The highest BCUT2D eigenvalue weighted by molar-refractivity contribution is 5.81. The fraction of sp³-hybridized carbons (Fsp3) is 0.417. The van der Waals surface area contributed by atoms with Gasteiger partial charge in [-0.25, -0.2) is 4.39 Å². The minimum atomic E-state index is -0.503. The van der Waals surface area contributed by atoms with Gasteiger partial charge in [0.2, 0.25) is 5.91 Å². The van der Waals surface area contributed by atoms with Crippen molar-refractivity contribution in [1.29, 1.82) is 0 Å². The monoisotopic (exact) mass is 224 g/mol. The summed E-state index contributed by atoms with van der Waals surface area (Å²) in [5, 5.41) is 2.62. The van der Waals surface area contributed by atoms with E-state index in [1.807, 2.05) is 6.92 Å². The standard InChI is InChI=1S/C12H17FN2O/c1-2-5-11(14)12(16)15-8-9-6-3-4-7-10(9)13/h3-4,6-7,11H,2,5,8,14H2,1H3,(H,15,16)/t11-/m0/s1. The number of hydrogen-bond acceptors (Lipinski definition) is 2. The molecular formula is C12H17FN2O. The SMILES string of the molecule is CCC[C@H](N)C(=O)NCc1ccccc1F. The molecule has 1 aromatic carbocycles. The van der Waals surface area contributed by atoms with Crippen molar-refractivity contribution in [2.24, 2.45) is 5.73 Å². The Kier molecular flexibility index (Phi) is 4.92. The fourth-order valence-electron chi connectivity index (χ4n) is 1.40. The van der Waals surface area contributed by atoms with Gasteiger partial charge in [-0.15, -0.1) is 0 Å². The van der Waals surface area contributed by atoms with Crippen LogP contribution in [0.3, 0.4) is 0 Å². The third-order valence-corrected chi connectivity index (χ3v) is 2.35.